The van der Waals surface area contributed by atoms with Crippen LogP contribution in [0.15, 0.2) is 11.6 Å². The molecule has 1 N–H and O–H groups in total. The molecule has 0 aliphatic heterocycles. The number of rotatable bonds is 1. The van der Waals surface area contributed by atoms with Gasteiger partial charge in [-0.05, 0) is 32.1 Å². The molecule has 0 aromatic carbocycles. The number of aliphatic hydroxyl groups is 1. The first kappa shape index (κ1) is 11.8. The van der Waals surface area contributed by atoms with Crippen molar-refractivity contribution in [3.63, 3.8) is 0 Å². The Morgan fingerprint density at radius 2 is 2.12 bits per heavy atom. The molecule has 2 nitrogen and oxygen atoms in total. The van der Waals surface area contributed by atoms with Crippen LogP contribution in [0.5, 0.6) is 0 Å². The number of allylic oxidation sites excluding steroid dienone is 1. The summed E-state index contributed by atoms with van der Waals surface area (Å²) in [5.74, 6) is 0.976. The molecule has 0 spiro atoms. The van der Waals surface area contributed by atoms with E-state index < -0.39 is 5.60 Å². The lowest BCUT2D eigenvalue weighted by Gasteiger charge is -2.26. The summed E-state index contributed by atoms with van der Waals surface area (Å²) in [6, 6.07) is 0. The molecule has 90 valence electrons. The number of carbonyl (C=O) groups excluding carboxylic acids is 1. The Kier molecular flexibility index (Phi) is 2.95. The van der Waals surface area contributed by atoms with Gasteiger partial charge in [-0.3, -0.25) is 4.79 Å². The van der Waals surface area contributed by atoms with E-state index in [0.29, 0.717) is 18.1 Å². The van der Waals surface area contributed by atoms with Crippen LogP contribution in [0.3, 0.4) is 0 Å². The van der Waals surface area contributed by atoms with Crippen LogP contribution in [-0.4, -0.2) is 16.5 Å². The van der Waals surface area contributed by atoms with E-state index in [1.807, 2.05) is 6.92 Å². The van der Waals surface area contributed by atoms with Gasteiger partial charge >= 0.3 is 0 Å². The van der Waals surface area contributed by atoms with Gasteiger partial charge in [0.2, 0.25) is 0 Å². The van der Waals surface area contributed by atoms with Gasteiger partial charge in [-0.25, -0.2) is 0 Å². The fourth-order valence-corrected chi connectivity index (χ4v) is 3.13. The maximum Gasteiger partial charge on any atom is 0.136 e. The number of carbonyl (C=O) groups is 1. The number of fused-ring (bicyclic) bond motifs is 1. The first-order valence-electron chi connectivity index (χ1n) is 6.37. The second-order valence-electron chi connectivity index (χ2n) is 5.89. The highest BCUT2D eigenvalue weighted by Crippen LogP contribution is 2.45. The molecule has 2 aliphatic carbocycles. The topological polar surface area (TPSA) is 37.3 Å². The Morgan fingerprint density at radius 3 is 2.75 bits per heavy atom. The molecule has 0 bridgehead atoms. The second-order valence-corrected chi connectivity index (χ2v) is 5.89. The van der Waals surface area contributed by atoms with Crippen LogP contribution in [-0.2, 0) is 4.79 Å². The van der Waals surface area contributed by atoms with Crippen LogP contribution >= 0.6 is 0 Å². The van der Waals surface area contributed by atoms with Crippen molar-refractivity contribution in [2.45, 2.75) is 52.1 Å². The Bertz CT molecular complexity index is 326. The summed E-state index contributed by atoms with van der Waals surface area (Å²) in [4.78, 5) is 12.0. The lowest BCUT2D eigenvalue weighted by molar-refractivity contribution is -0.124. The highest BCUT2D eigenvalue weighted by Gasteiger charge is 2.46. The molecule has 1 fully saturated rings. The van der Waals surface area contributed by atoms with Crippen molar-refractivity contribution < 1.29 is 9.90 Å². The third-order valence-corrected chi connectivity index (χ3v) is 4.32. The number of ketones is 1. The zero-order chi connectivity index (χ0) is 11.9. The molecule has 2 heteroatoms. The van der Waals surface area contributed by atoms with Crippen LogP contribution in [0.4, 0.5) is 0 Å². The van der Waals surface area contributed by atoms with Gasteiger partial charge in [0, 0.05) is 18.3 Å². The Balaban J connectivity index is 2.33. The predicted octanol–water partition coefficient (Wildman–Crippen LogP) is 2.71. The summed E-state index contributed by atoms with van der Waals surface area (Å²) in [7, 11) is 0. The summed E-state index contributed by atoms with van der Waals surface area (Å²) < 4.78 is 0. The lowest BCUT2D eigenvalue weighted by Crippen LogP contribution is -2.32. The fraction of sp³-hybridized carbons (Fsp3) is 0.786. The number of hydrogen-bond acceptors (Lipinski definition) is 2. The van der Waals surface area contributed by atoms with Gasteiger partial charge in [0.1, 0.15) is 5.78 Å². The minimum absolute atomic E-state index is 0.0555. The molecular weight excluding hydrogens is 200 g/mol. The third-order valence-electron chi connectivity index (χ3n) is 4.32. The number of hydrogen-bond donors (Lipinski definition) is 1. The zero-order valence-corrected chi connectivity index (χ0v) is 10.5. The molecule has 0 aromatic heterocycles. The van der Waals surface area contributed by atoms with Crippen molar-refractivity contribution in [3.05, 3.63) is 11.6 Å². The molecule has 1 saturated carbocycles. The van der Waals surface area contributed by atoms with Gasteiger partial charge in [0.15, 0.2) is 0 Å². The van der Waals surface area contributed by atoms with Gasteiger partial charge in [-0.1, -0.05) is 25.5 Å². The largest absolute Gasteiger partial charge is 0.390 e. The van der Waals surface area contributed by atoms with Gasteiger partial charge in [-0.15, -0.1) is 0 Å². The molecule has 16 heavy (non-hydrogen) atoms. The SMILES string of the molecule is CC(C)C1=C[C@H]2C(CC[C@]2(C)O)C(=O)CC1. The van der Waals surface area contributed by atoms with E-state index in [1.165, 1.54) is 5.57 Å². The van der Waals surface area contributed by atoms with E-state index in [2.05, 4.69) is 19.9 Å². The van der Waals surface area contributed by atoms with Gasteiger partial charge in [-0.2, -0.15) is 0 Å². The predicted molar refractivity (Wildman–Crippen MR) is 64.0 cm³/mol. The summed E-state index contributed by atoms with van der Waals surface area (Å²) in [6.07, 6.45) is 5.38. The molecule has 0 radical (unpaired) electrons. The molecule has 0 aromatic rings. The molecular formula is C14H22O2. The fourth-order valence-electron chi connectivity index (χ4n) is 3.13. The Labute approximate surface area is 97.7 Å². The van der Waals surface area contributed by atoms with Crippen LogP contribution in [0.25, 0.3) is 0 Å². The second kappa shape index (κ2) is 3.99. The van der Waals surface area contributed by atoms with E-state index >= 15 is 0 Å². The van der Waals surface area contributed by atoms with Crippen molar-refractivity contribution >= 4 is 5.78 Å². The number of Topliss-reactive ketones (excluding diaryl/α,β-unsaturated/α-hetero) is 1. The summed E-state index contributed by atoms with van der Waals surface area (Å²) in [5.41, 5.74) is 0.674. The van der Waals surface area contributed by atoms with Crippen molar-refractivity contribution in [1.29, 1.82) is 0 Å². The molecule has 0 heterocycles. The zero-order valence-electron chi connectivity index (χ0n) is 10.5. The van der Waals surface area contributed by atoms with Crippen molar-refractivity contribution in [2.75, 3.05) is 0 Å². The summed E-state index contributed by atoms with van der Waals surface area (Å²) in [5, 5.41) is 10.3. The minimum atomic E-state index is -0.676. The lowest BCUT2D eigenvalue weighted by atomic mass is 9.84. The van der Waals surface area contributed by atoms with Crippen LogP contribution in [0.1, 0.15) is 46.5 Å². The van der Waals surface area contributed by atoms with E-state index in [0.717, 1.165) is 19.3 Å². The first-order chi connectivity index (χ1) is 7.42. The highest BCUT2D eigenvalue weighted by molar-refractivity contribution is 5.83. The maximum absolute atomic E-state index is 12.0. The molecule has 3 atom stereocenters. The molecule has 0 saturated heterocycles. The average molecular weight is 222 g/mol. The molecule has 1 unspecified atom stereocenters. The third kappa shape index (κ3) is 1.95. The average Bonchev–Trinajstić information content (AvgIpc) is 2.38. The monoisotopic (exact) mass is 222 g/mol. The molecule has 0 amide bonds. The minimum Gasteiger partial charge on any atom is -0.390 e. The Hall–Kier alpha value is -0.630. The molecule has 2 rings (SSSR count). The van der Waals surface area contributed by atoms with Crippen LogP contribution < -0.4 is 0 Å². The van der Waals surface area contributed by atoms with E-state index in [9.17, 15) is 9.90 Å². The normalized spacial score (nSPS) is 39.6. The van der Waals surface area contributed by atoms with Crippen molar-refractivity contribution in [1.82, 2.24) is 0 Å². The van der Waals surface area contributed by atoms with Crippen LogP contribution in [0.2, 0.25) is 0 Å². The summed E-state index contributed by atoms with van der Waals surface area (Å²) in [6.45, 7) is 6.21. The first-order valence-corrected chi connectivity index (χ1v) is 6.37. The van der Waals surface area contributed by atoms with Crippen molar-refractivity contribution in [3.8, 4) is 0 Å². The van der Waals surface area contributed by atoms with E-state index in [-0.39, 0.29) is 11.8 Å². The van der Waals surface area contributed by atoms with Crippen LogP contribution in [0, 0.1) is 17.8 Å². The standard InChI is InChI=1S/C14H22O2/c1-9(2)10-4-5-13(15)11-6-7-14(3,16)12(11)8-10/h8-9,11-12,16H,4-7H2,1-3H3/t11?,12-,14-/m0/s1. The Morgan fingerprint density at radius 1 is 1.44 bits per heavy atom. The van der Waals surface area contributed by atoms with Gasteiger partial charge in [0.05, 0.1) is 5.60 Å². The van der Waals surface area contributed by atoms with E-state index in [4.69, 9.17) is 0 Å². The summed E-state index contributed by atoms with van der Waals surface area (Å²) >= 11 is 0. The maximum atomic E-state index is 12.0. The smallest absolute Gasteiger partial charge is 0.136 e. The van der Waals surface area contributed by atoms with Gasteiger partial charge < -0.3 is 5.11 Å². The molecule has 2 aliphatic rings. The van der Waals surface area contributed by atoms with Crippen molar-refractivity contribution in [2.24, 2.45) is 17.8 Å². The van der Waals surface area contributed by atoms with E-state index in [1.54, 1.807) is 0 Å². The quantitative estimate of drug-likeness (QED) is 0.693. The van der Waals surface area contributed by atoms with Gasteiger partial charge in [0.25, 0.3) is 0 Å². The highest BCUT2D eigenvalue weighted by atomic mass is 16.3.